The molecule has 6 nitrogen and oxygen atoms in total. The van der Waals surface area contributed by atoms with Crippen molar-refractivity contribution >= 4 is 11.9 Å². The second-order valence-corrected chi connectivity index (χ2v) is 4.02. The molecule has 0 aliphatic rings. The van der Waals surface area contributed by atoms with E-state index in [4.69, 9.17) is 9.63 Å². The first-order valence-corrected chi connectivity index (χ1v) is 5.60. The molecule has 1 amide bonds. The van der Waals surface area contributed by atoms with Gasteiger partial charge in [0.05, 0.1) is 0 Å². The first-order valence-electron chi connectivity index (χ1n) is 5.60. The van der Waals surface area contributed by atoms with Crippen molar-refractivity contribution in [3.05, 3.63) is 41.6 Å². The number of aliphatic carboxylic acids is 1. The summed E-state index contributed by atoms with van der Waals surface area (Å²) in [7, 11) is 0. The molecule has 0 aliphatic heterocycles. The third-order valence-electron chi connectivity index (χ3n) is 2.48. The number of carboxylic acids is 1. The molecule has 98 valence electrons. The molecular formula is C13H12N2O4. The number of aromatic nitrogens is 1. The number of carbonyl (C=O) groups excluding carboxylic acids is 1. The summed E-state index contributed by atoms with van der Waals surface area (Å²) in [6, 6.07) is 9.02. The number of rotatable bonds is 4. The maximum atomic E-state index is 11.6. The molecule has 0 bridgehead atoms. The van der Waals surface area contributed by atoms with Crippen LogP contribution < -0.4 is 5.32 Å². The average molecular weight is 260 g/mol. The Morgan fingerprint density at radius 2 is 2.00 bits per heavy atom. The summed E-state index contributed by atoms with van der Waals surface area (Å²) in [5.41, 5.74) is 1.97. The van der Waals surface area contributed by atoms with Gasteiger partial charge in [-0.3, -0.25) is 9.59 Å². The lowest BCUT2D eigenvalue weighted by Crippen LogP contribution is -2.29. The van der Waals surface area contributed by atoms with Gasteiger partial charge in [0.1, 0.15) is 6.54 Å². The lowest BCUT2D eigenvalue weighted by atomic mass is 10.1. The van der Waals surface area contributed by atoms with E-state index in [-0.39, 0.29) is 5.69 Å². The molecule has 0 fully saturated rings. The van der Waals surface area contributed by atoms with E-state index in [0.29, 0.717) is 5.76 Å². The van der Waals surface area contributed by atoms with E-state index in [1.807, 2.05) is 31.2 Å². The maximum absolute atomic E-state index is 11.6. The van der Waals surface area contributed by atoms with Crippen molar-refractivity contribution in [2.75, 3.05) is 6.54 Å². The lowest BCUT2D eigenvalue weighted by molar-refractivity contribution is -0.135. The fourth-order valence-corrected chi connectivity index (χ4v) is 1.48. The molecule has 6 heteroatoms. The highest BCUT2D eigenvalue weighted by molar-refractivity contribution is 5.94. The van der Waals surface area contributed by atoms with Gasteiger partial charge in [-0.25, -0.2) is 0 Å². The number of hydrogen-bond donors (Lipinski definition) is 2. The van der Waals surface area contributed by atoms with Gasteiger partial charge < -0.3 is 14.9 Å². The zero-order valence-electron chi connectivity index (χ0n) is 10.2. The van der Waals surface area contributed by atoms with Crippen LogP contribution in [0.5, 0.6) is 0 Å². The molecule has 2 N–H and O–H groups in total. The molecule has 1 heterocycles. The van der Waals surface area contributed by atoms with Gasteiger partial charge in [0.25, 0.3) is 5.91 Å². The number of carboxylic acid groups (broad SMARTS) is 1. The van der Waals surface area contributed by atoms with Crippen LogP contribution in [0.25, 0.3) is 11.3 Å². The van der Waals surface area contributed by atoms with Crippen LogP contribution in [-0.2, 0) is 4.79 Å². The number of nitrogens with one attached hydrogen (secondary N) is 1. The second-order valence-electron chi connectivity index (χ2n) is 4.02. The standard InChI is InChI=1S/C13H12N2O4/c1-8-2-4-9(5-3-8)11-6-10(15-19-11)13(18)14-7-12(16)17/h2-6H,7H2,1H3,(H,14,18)(H,16,17). The highest BCUT2D eigenvalue weighted by atomic mass is 16.5. The Labute approximate surface area is 109 Å². The summed E-state index contributed by atoms with van der Waals surface area (Å²) in [6.07, 6.45) is 0. The van der Waals surface area contributed by atoms with Crippen LogP contribution in [-0.4, -0.2) is 28.7 Å². The number of hydrogen-bond acceptors (Lipinski definition) is 4. The van der Waals surface area contributed by atoms with Crippen LogP contribution in [0.15, 0.2) is 34.9 Å². The van der Waals surface area contributed by atoms with Crippen molar-refractivity contribution in [2.24, 2.45) is 0 Å². The Kier molecular flexibility index (Phi) is 3.61. The molecule has 1 aromatic carbocycles. The molecule has 0 aliphatic carbocycles. The Morgan fingerprint density at radius 1 is 1.32 bits per heavy atom. The predicted molar refractivity (Wildman–Crippen MR) is 66.6 cm³/mol. The predicted octanol–water partition coefficient (Wildman–Crippen LogP) is 1.46. The summed E-state index contributed by atoms with van der Waals surface area (Å²) in [5, 5.41) is 14.3. The third kappa shape index (κ3) is 3.19. The number of amides is 1. The summed E-state index contributed by atoms with van der Waals surface area (Å²) in [6.45, 7) is 1.51. The number of carbonyl (C=O) groups is 2. The summed E-state index contributed by atoms with van der Waals surface area (Å²) in [4.78, 5) is 21.9. The fraction of sp³-hybridized carbons (Fsp3) is 0.154. The van der Waals surface area contributed by atoms with Gasteiger partial charge in [-0.05, 0) is 6.92 Å². The van der Waals surface area contributed by atoms with Crippen LogP contribution in [0.4, 0.5) is 0 Å². The Balaban J connectivity index is 2.12. The van der Waals surface area contributed by atoms with Crippen LogP contribution in [0, 0.1) is 6.92 Å². The Hall–Kier alpha value is -2.63. The minimum Gasteiger partial charge on any atom is -0.480 e. The number of benzene rings is 1. The van der Waals surface area contributed by atoms with Gasteiger partial charge in [0.15, 0.2) is 11.5 Å². The van der Waals surface area contributed by atoms with Crippen molar-refractivity contribution in [2.45, 2.75) is 6.92 Å². The Morgan fingerprint density at radius 3 is 2.63 bits per heavy atom. The largest absolute Gasteiger partial charge is 0.480 e. The van der Waals surface area contributed by atoms with E-state index in [0.717, 1.165) is 11.1 Å². The Bertz CT molecular complexity index is 601. The van der Waals surface area contributed by atoms with E-state index < -0.39 is 18.4 Å². The summed E-state index contributed by atoms with van der Waals surface area (Å²) in [5.74, 6) is -1.24. The molecular weight excluding hydrogens is 248 g/mol. The normalized spacial score (nSPS) is 10.2. The van der Waals surface area contributed by atoms with Crippen LogP contribution in [0.1, 0.15) is 16.1 Å². The second kappa shape index (κ2) is 5.34. The fourth-order valence-electron chi connectivity index (χ4n) is 1.48. The average Bonchev–Trinajstić information content (AvgIpc) is 2.86. The van der Waals surface area contributed by atoms with Crippen molar-refractivity contribution in [3.8, 4) is 11.3 Å². The van der Waals surface area contributed by atoms with Crippen LogP contribution in [0.3, 0.4) is 0 Å². The zero-order valence-corrected chi connectivity index (χ0v) is 10.2. The van der Waals surface area contributed by atoms with Crippen molar-refractivity contribution in [3.63, 3.8) is 0 Å². The van der Waals surface area contributed by atoms with Gasteiger partial charge >= 0.3 is 5.97 Å². The van der Waals surface area contributed by atoms with Crippen molar-refractivity contribution < 1.29 is 19.2 Å². The molecule has 2 rings (SSSR count). The minimum atomic E-state index is -1.12. The van der Waals surface area contributed by atoms with Gasteiger partial charge in [-0.1, -0.05) is 35.0 Å². The SMILES string of the molecule is Cc1ccc(-c2cc(C(=O)NCC(=O)O)no2)cc1. The molecule has 0 saturated carbocycles. The molecule has 0 saturated heterocycles. The van der Waals surface area contributed by atoms with Gasteiger partial charge in [-0.2, -0.15) is 0 Å². The molecule has 1 aromatic heterocycles. The molecule has 2 aromatic rings. The first-order chi connectivity index (χ1) is 9.06. The van der Waals surface area contributed by atoms with E-state index in [1.54, 1.807) is 0 Å². The maximum Gasteiger partial charge on any atom is 0.322 e. The van der Waals surface area contributed by atoms with Crippen molar-refractivity contribution in [1.82, 2.24) is 10.5 Å². The van der Waals surface area contributed by atoms with Crippen molar-refractivity contribution in [1.29, 1.82) is 0 Å². The molecule has 19 heavy (non-hydrogen) atoms. The lowest BCUT2D eigenvalue weighted by Gasteiger charge is -1.96. The van der Waals surface area contributed by atoms with Crippen LogP contribution >= 0.6 is 0 Å². The monoisotopic (exact) mass is 260 g/mol. The number of nitrogens with zero attached hydrogens (tertiary/aromatic N) is 1. The van der Waals surface area contributed by atoms with Gasteiger partial charge in [0, 0.05) is 11.6 Å². The van der Waals surface area contributed by atoms with E-state index in [9.17, 15) is 9.59 Å². The van der Waals surface area contributed by atoms with E-state index >= 15 is 0 Å². The highest BCUT2D eigenvalue weighted by Gasteiger charge is 2.14. The van der Waals surface area contributed by atoms with Gasteiger partial charge in [-0.15, -0.1) is 0 Å². The van der Waals surface area contributed by atoms with Crippen LogP contribution in [0.2, 0.25) is 0 Å². The van der Waals surface area contributed by atoms with E-state index in [1.165, 1.54) is 6.07 Å². The molecule has 0 atom stereocenters. The van der Waals surface area contributed by atoms with Gasteiger partial charge in [0.2, 0.25) is 0 Å². The minimum absolute atomic E-state index is 0.0526. The topological polar surface area (TPSA) is 92.4 Å². The molecule has 0 spiro atoms. The molecule has 0 radical (unpaired) electrons. The highest BCUT2D eigenvalue weighted by Crippen LogP contribution is 2.20. The quantitative estimate of drug-likeness (QED) is 0.868. The number of aryl methyl sites for hydroxylation is 1. The first kappa shape index (κ1) is 12.8. The third-order valence-corrected chi connectivity index (χ3v) is 2.48. The summed E-state index contributed by atoms with van der Waals surface area (Å²) < 4.78 is 5.06. The zero-order chi connectivity index (χ0) is 13.8. The van der Waals surface area contributed by atoms with E-state index in [2.05, 4.69) is 10.5 Å². The summed E-state index contributed by atoms with van der Waals surface area (Å²) >= 11 is 0. The smallest absolute Gasteiger partial charge is 0.322 e. The molecule has 0 unspecified atom stereocenters.